The highest BCUT2D eigenvalue weighted by molar-refractivity contribution is 7.99. The molecule has 0 aliphatic carbocycles. The molecule has 0 aliphatic rings. The first kappa shape index (κ1) is 12.6. The molecular formula is C13H13FOS2. The minimum absolute atomic E-state index is 0.230. The monoisotopic (exact) mass is 268 g/mol. The molecule has 2 rings (SSSR count). The fourth-order valence-electron chi connectivity index (χ4n) is 1.47. The molecule has 90 valence electrons. The Morgan fingerprint density at radius 3 is 2.82 bits per heavy atom. The lowest BCUT2D eigenvalue weighted by Gasteiger charge is -2.08. The van der Waals surface area contributed by atoms with Crippen LogP contribution in [0, 0.1) is 12.7 Å². The van der Waals surface area contributed by atoms with Gasteiger partial charge in [-0.3, -0.25) is 0 Å². The van der Waals surface area contributed by atoms with Gasteiger partial charge in [-0.15, -0.1) is 23.1 Å². The van der Waals surface area contributed by atoms with Gasteiger partial charge in [0.2, 0.25) is 0 Å². The maximum Gasteiger partial charge on any atom is 0.136 e. The number of rotatable bonds is 4. The number of aryl methyl sites for hydroxylation is 1. The van der Waals surface area contributed by atoms with Crippen LogP contribution in [0.25, 0.3) is 0 Å². The van der Waals surface area contributed by atoms with Crippen LogP contribution in [-0.4, -0.2) is 10.9 Å². The largest absolute Gasteiger partial charge is 0.388 e. The number of benzene rings is 1. The van der Waals surface area contributed by atoms with Crippen LogP contribution in [0.1, 0.15) is 16.5 Å². The van der Waals surface area contributed by atoms with Crippen LogP contribution in [0.15, 0.2) is 40.6 Å². The van der Waals surface area contributed by atoms with E-state index in [4.69, 9.17) is 0 Å². The van der Waals surface area contributed by atoms with Crippen molar-refractivity contribution in [3.05, 3.63) is 52.0 Å². The Kier molecular flexibility index (Phi) is 4.20. The number of thiophene rings is 1. The minimum Gasteiger partial charge on any atom is -0.388 e. The lowest BCUT2D eigenvalue weighted by molar-refractivity contribution is 0.204. The molecule has 0 saturated carbocycles. The van der Waals surface area contributed by atoms with Crippen molar-refractivity contribution in [2.75, 3.05) is 5.75 Å². The van der Waals surface area contributed by atoms with Crippen LogP contribution in [0.5, 0.6) is 0 Å². The van der Waals surface area contributed by atoms with Gasteiger partial charge in [-0.1, -0.05) is 12.1 Å². The normalized spacial score (nSPS) is 12.6. The van der Waals surface area contributed by atoms with E-state index in [9.17, 15) is 9.50 Å². The molecular weight excluding hydrogens is 255 g/mol. The third kappa shape index (κ3) is 3.31. The molecule has 1 atom stereocenters. The number of hydrogen-bond acceptors (Lipinski definition) is 3. The Balaban J connectivity index is 1.97. The summed E-state index contributed by atoms with van der Waals surface area (Å²) >= 11 is 2.95. The topological polar surface area (TPSA) is 20.2 Å². The Morgan fingerprint density at radius 1 is 1.41 bits per heavy atom. The second kappa shape index (κ2) is 5.67. The predicted octanol–water partition coefficient (Wildman–Crippen LogP) is 4.02. The SMILES string of the molecule is Cc1cc(C(O)CSc2ccccc2F)cs1. The van der Waals surface area contributed by atoms with E-state index >= 15 is 0 Å². The maximum absolute atomic E-state index is 13.3. The molecule has 0 saturated heterocycles. The van der Waals surface area contributed by atoms with Gasteiger partial charge in [-0.2, -0.15) is 0 Å². The summed E-state index contributed by atoms with van der Waals surface area (Å²) in [4.78, 5) is 1.76. The molecule has 1 unspecified atom stereocenters. The van der Waals surface area contributed by atoms with Crippen LogP contribution >= 0.6 is 23.1 Å². The van der Waals surface area contributed by atoms with Gasteiger partial charge >= 0.3 is 0 Å². The molecule has 0 aliphatic heterocycles. The van der Waals surface area contributed by atoms with E-state index in [1.165, 1.54) is 22.7 Å². The summed E-state index contributed by atoms with van der Waals surface area (Å²) in [6.45, 7) is 2.00. The van der Waals surface area contributed by atoms with Gasteiger partial charge in [-0.05, 0) is 36.1 Å². The summed E-state index contributed by atoms with van der Waals surface area (Å²) < 4.78 is 13.3. The standard InChI is InChI=1S/C13H13FOS2/c1-9-6-10(7-16-9)12(15)8-17-13-5-3-2-4-11(13)14/h2-7,12,15H,8H2,1H3. The van der Waals surface area contributed by atoms with Crippen molar-refractivity contribution >= 4 is 23.1 Å². The van der Waals surface area contributed by atoms with E-state index in [0.717, 1.165) is 5.56 Å². The Bertz CT molecular complexity index is 496. The third-order valence-corrected chi connectivity index (χ3v) is 4.37. The quantitative estimate of drug-likeness (QED) is 0.845. The molecule has 0 bridgehead atoms. The van der Waals surface area contributed by atoms with E-state index in [2.05, 4.69) is 0 Å². The van der Waals surface area contributed by atoms with Gasteiger partial charge in [0.1, 0.15) is 5.82 Å². The first-order valence-electron chi connectivity index (χ1n) is 5.27. The summed E-state index contributed by atoms with van der Waals surface area (Å²) in [6.07, 6.45) is -0.537. The Hall–Kier alpha value is -0.840. The van der Waals surface area contributed by atoms with Crippen molar-refractivity contribution in [2.24, 2.45) is 0 Å². The van der Waals surface area contributed by atoms with Crippen LogP contribution in [-0.2, 0) is 0 Å². The smallest absolute Gasteiger partial charge is 0.136 e. The van der Waals surface area contributed by atoms with Crippen LogP contribution < -0.4 is 0 Å². The van der Waals surface area contributed by atoms with Crippen molar-refractivity contribution in [3.63, 3.8) is 0 Å². The second-order valence-electron chi connectivity index (χ2n) is 3.75. The summed E-state index contributed by atoms with van der Waals surface area (Å²) in [5, 5.41) is 11.9. The van der Waals surface area contributed by atoms with Gasteiger partial charge in [0, 0.05) is 15.5 Å². The number of aliphatic hydroxyl groups is 1. The molecule has 0 spiro atoms. The summed E-state index contributed by atoms with van der Waals surface area (Å²) in [5.41, 5.74) is 0.913. The molecule has 17 heavy (non-hydrogen) atoms. The summed E-state index contributed by atoms with van der Waals surface area (Å²) in [5.74, 6) is 0.239. The van der Waals surface area contributed by atoms with E-state index in [1.807, 2.05) is 18.4 Å². The average molecular weight is 268 g/mol. The van der Waals surface area contributed by atoms with E-state index in [1.54, 1.807) is 29.5 Å². The predicted molar refractivity (Wildman–Crippen MR) is 71.1 cm³/mol. The van der Waals surface area contributed by atoms with Crippen molar-refractivity contribution in [3.8, 4) is 0 Å². The molecule has 0 amide bonds. The lowest BCUT2D eigenvalue weighted by atomic mass is 10.2. The first-order chi connectivity index (χ1) is 8.16. The summed E-state index contributed by atoms with van der Waals surface area (Å²) in [6, 6.07) is 8.59. The van der Waals surface area contributed by atoms with Crippen molar-refractivity contribution in [2.45, 2.75) is 17.9 Å². The highest BCUT2D eigenvalue weighted by atomic mass is 32.2. The van der Waals surface area contributed by atoms with Gasteiger partial charge in [0.15, 0.2) is 0 Å². The molecule has 1 N–H and O–H groups in total. The van der Waals surface area contributed by atoms with Gasteiger partial charge < -0.3 is 5.11 Å². The molecule has 2 aromatic rings. The number of thioether (sulfide) groups is 1. The van der Waals surface area contributed by atoms with Gasteiger partial charge in [0.05, 0.1) is 6.10 Å². The molecule has 1 aromatic heterocycles. The van der Waals surface area contributed by atoms with Crippen molar-refractivity contribution in [1.29, 1.82) is 0 Å². The fourth-order valence-corrected chi connectivity index (χ4v) is 3.13. The number of hydrogen-bond donors (Lipinski definition) is 1. The Labute approximate surface area is 108 Å². The zero-order chi connectivity index (χ0) is 12.3. The van der Waals surface area contributed by atoms with Crippen molar-refractivity contribution in [1.82, 2.24) is 0 Å². The van der Waals surface area contributed by atoms with Crippen LogP contribution in [0.2, 0.25) is 0 Å². The third-order valence-electron chi connectivity index (χ3n) is 2.37. The highest BCUT2D eigenvalue weighted by Gasteiger charge is 2.11. The van der Waals surface area contributed by atoms with E-state index in [0.29, 0.717) is 10.6 Å². The number of halogens is 1. The number of aliphatic hydroxyl groups excluding tert-OH is 1. The van der Waals surface area contributed by atoms with Gasteiger partial charge in [-0.25, -0.2) is 4.39 Å². The fraction of sp³-hybridized carbons (Fsp3) is 0.231. The molecule has 0 radical (unpaired) electrons. The van der Waals surface area contributed by atoms with Crippen LogP contribution in [0.4, 0.5) is 4.39 Å². The second-order valence-corrected chi connectivity index (χ2v) is 5.93. The zero-order valence-electron chi connectivity index (χ0n) is 9.39. The van der Waals surface area contributed by atoms with E-state index in [-0.39, 0.29) is 5.82 Å². The molecule has 1 aromatic carbocycles. The average Bonchev–Trinajstić information content (AvgIpc) is 2.74. The molecule has 1 heterocycles. The van der Waals surface area contributed by atoms with Gasteiger partial charge in [0.25, 0.3) is 0 Å². The first-order valence-corrected chi connectivity index (χ1v) is 7.14. The summed E-state index contributed by atoms with van der Waals surface area (Å²) in [7, 11) is 0. The maximum atomic E-state index is 13.3. The Morgan fingerprint density at radius 2 is 2.18 bits per heavy atom. The van der Waals surface area contributed by atoms with Crippen molar-refractivity contribution < 1.29 is 9.50 Å². The lowest BCUT2D eigenvalue weighted by Crippen LogP contribution is -1.99. The van der Waals surface area contributed by atoms with E-state index < -0.39 is 6.10 Å². The molecule has 0 fully saturated rings. The minimum atomic E-state index is -0.537. The zero-order valence-corrected chi connectivity index (χ0v) is 11.0. The van der Waals surface area contributed by atoms with Crippen LogP contribution in [0.3, 0.4) is 0 Å². The highest BCUT2D eigenvalue weighted by Crippen LogP contribution is 2.28. The molecule has 4 heteroatoms. The molecule has 1 nitrogen and oxygen atoms in total.